The van der Waals surface area contributed by atoms with Crippen LogP contribution in [0.1, 0.15) is 24.2 Å². The van der Waals surface area contributed by atoms with E-state index >= 15 is 0 Å². The first-order valence-electron chi connectivity index (χ1n) is 8.12. The highest BCUT2D eigenvalue weighted by atomic mass is 16.2. The Morgan fingerprint density at radius 3 is 2.22 bits per heavy atom. The number of carbonyl (C=O) groups excluding carboxylic acids is 1. The Labute approximate surface area is 137 Å². The van der Waals surface area contributed by atoms with Crippen molar-refractivity contribution in [3.05, 3.63) is 72.3 Å². The van der Waals surface area contributed by atoms with Crippen LogP contribution in [0, 0.1) is 0 Å². The normalized spacial score (nSPS) is 10.7. The molecule has 3 aromatic rings. The molecule has 0 aromatic heterocycles. The lowest BCUT2D eigenvalue weighted by Crippen LogP contribution is -2.30. The van der Waals surface area contributed by atoms with Crippen molar-refractivity contribution >= 4 is 16.7 Å². The third kappa shape index (κ3) is 2.98. The van der Waals surface area contributed by atoms with Crippen LogP contribution in [0.15, 0.2) is 66.7 Å². The predicted octanol–water partition coefficient (Wildman–Crippen LogP) is 4.99. The summed E-state index contributed by atoms with van der Waals surface area (Å²) in [5.74, 6) is 0.0961. The van der Waals surface area contributed by atoms with Gasteiger partial charge in [0.1, 0.15) is 0 Å². The molecule has 3 aromatic carbocycles. The number of fused-ring (bicyclic) bond motifs is 1. The van der Waals surface area contributed by atoms with Gasteiger partial charge in [-0.3, -0.25) is 4.79 Å². The fraction of sp³-hybridized carbons (Fsp3) is 0.190. The molecule has 0 radical (unpaired) electrons. The molecule has 0 aliphatic heterocycles. The average molecular weight is 303 g/mol. The van der Waals surface area contributed by atoms with Gasteiger partial charge in [-0.25, -0.2) is 0 Å². The molecule has 0 spiro atoms. The zero-order valence-corrected chi connectivity index (χ0v) is 13.6. The molecule has 0 heterocycles. The highest BCUT2D eigenvalue weighted by molar-refractivity contribution is 6.01. The molecule has 0 unspecified atom stereocenters. The lowest BCUT2D eigenvalue weighted by molar-refractivity contribution is 0.0774. The third-order valence-electron chi connectivity index (χ3n) is 4.27. The minimum atomic E-state index is 0.0961. The summed E-state index contributed by atoms with van der Waals surface area (Å²) < 4.78 is 0. The van der Waals surface area contributed by atoms with Crippen molar-refractivity contribution in [3.63, 3.8) is 0 Å². The monoisotopic (exact) mass is 303 g/mol. The zero-order valence-electron chi connectivity index (χ0n) is 13.6. The molecule has 0 aliphatic rings. The van der Waals surface area contributed by atoms with Crippen LogP contribution in [0.5, 0.6) is 0 Å². The van der Waals surface area contributed by atoms with Crippen LogP contribution >= 0.6 is 0 Å². The summed E-state index contributed by atoms with van der Waals surface area (Å²) in [4.78, 5) is 14.7. The molecule has 1 amide bonds. The van der Waals surface area contributed by atoms with Gasteiger partial charge in [0.05, 0.1) is 0 Å². The van der Waals surface area contributed by atoms with E-state index in [0.717, 1.165) is 29.8 Å². The second-order valence-electron chi connectivity index (χ2n) is 5.58. The first-order valence-corrected chi connectivity index (χ1v) is 8.12. The van der Waals surface area contributed by atoms with Crippen molar-refractivity contribution in [1.29, 1.82) is 0 Å². The lowest BCUT2D eigenvalue weighted by Gasteiger charge is -2.20. The fourth-order valence-electron chi connectivity index (χ4n) is 2.96. The van der Waals surface area contributed by atoms with Crippen molar-refractivity contribution in [2.24, 2.45) is 0 Å². The van der Waals surface area contributed by atoms with Gasteiger partial charge in [-0.2, -0.15) is 0 Å². The van der Waals surface area contributed by atoms with E-state index in [1.54, 1.807) is 0 Å². The quantitative estimate of drug-likeness (QED) is 0.665. The van der Waals surface area contributed by atoms with Crippen molar-refractivity contribution in [2.75, 3.05) is 13.1 Å². The molecule has 116 valence electrons. The SMILES string of the molecule is CCN(CC)C(=O)c1ccccc1-c1ccc2ccccc2c1. The van der Waals surface area contributed by atoms with Crippen LogP contribution in [0.3, 0.4) is 0 Å². The minimum absolute atomic E-state index is 0.0961. The number of amides is 1. The van der Waals surface area contributed by atoms with E-state index in [0.29, 0.717) is 0 Å². The second-order valence-corrected chi connectivity index (χ2v) is 5.58. The largest absolute Gasteiger partial charge is 0.339 e. The van der Waals surface area contributed by atoms with Gasteiger partial charge in [-0.05, 0) is 47.9 Å². The molecular formula is C21H21NO. The molecule has 0 saturated heterocycles. The maximum Gasteiger partial charge on any atom is 0.254 e. The van der Waals surface area contributed by atoms with Crippen LogP contribution in [0.2, 0.25) is 0 Å². The summed E-state index contributed by atoms with van der Waals surface area (Å²) in [6, 6.07) is 22.5. The Morgan fingerprint density at radius 2 is 1.48 bits per heavy atom. The molecular weight excluding hydrogens is 282 g/mol. The van der Waals surface area contributed by atoms with Crippen molar-refractivity contribution in [3.8, 4) is 11.1 Å². The fourth-order valence-corrected chi connectivity index (χ4v) is 2.96. The first kappa shape index (κ1) is 15.3. The van der Waals surface area contributed by atoms with Crippen LogP contribution < -0.4 is 0 Å². The van der Waals surface area contributed by atoms with Crippen molar-refractivity contribution in [1.82, 2.24) is 4.90 Å². The minimum Gasteiger partial charge on any atom is -0.339 e. The highest BCUT2D eigenvalue weighted by Gasteiger charge is 2.16. The van der Waals surface area contributed by atoms with Gasteiger partial charge in [-0.1, -0.05) is 54.6 Å². The summed E-state index contributed by atoms with van der Waals surface area (Å²) in [5, 5.41) is 2.40. The zero-order chi connectivity index (χ0) is 16.2. The third-order valence-corrected chi connectivity index (χ3v) is 4.27. The summed E-state index contributed by atoms with van der Waals surface area (Å²) in [7, 11) is 0. The van der Waals surface area contributed by atoms with Crippen molar-refractivity contribution < 1.29 is 4.79 Å². The van der Waals surface area contributed by atoms with E-state index in [4.69, 9.17) is 0 Å². The van der Waals surface area contributed by atoms with E-state index in [2.05, 4.69) is 30.3 Å². The maximum absolute atomic E-state index is 12.8. The van der Waals surface area contributed by atoms with Gasteiger partial charge < -0.3 is 4.90 Å². The molecule has 2 heteroatoms. The van der Waals surface area contributed by atoms with Gasteiger partial charge in [0.15, 0.2) is 0 Å². The molecule has 0 N–H and O–H groups in total. The standard InChI is InChI=1S/C21H21NO/c1-3-22(4-2)21(23)20-12-8-7-11-19(20)18-14-13-16-9-5-6-10-17(16)15-18/h5-15H,3-4H2,1-2H3. The maximum atomic E-state index is 12.8. The second kappa shape index (κ2) is 6.66. The molecule has 0 fully saturated rings. The number of rotatable bonds is 4. The number of carbonyl (C=O) groups is 1. The molecule has 23 heavy (non-hydrogen) atoms. The number of nitrogens with zero attached hydrogens (tertiary/aromatic N) is 1. The number of benzene rings is 3. The smallest absolute Gasteiger partial charge is 0.254 e. The Hall–Kier alpha value is -2.61. The van der Waals surface area contributed by atoms with Gasteiger partial charge >= 0.3 is 0 Å². The van der Waals surface area contributed by atoms with Crippen molar-refractivity contribution in [2.45, 2.75) is 13.8 Å². The van der Waals surface area contributed by atoms with E-state index in [-0.39, 0.29) is 5.91 Å². The van der Waals surface area contributed by atoms with Gasteiger partial charge in [0.25, 0.3) is 5.91 Å². The summed E-state index contributed by atoms with van der Waals surface area (Å²) in [6.45, 7) is 5.48. The van der Waals surface area contributed by atoms with Crippen LogP contribution in [-0.4, -0.2) is 23.9 Å². The molecule has 0 atom stereocenters. The van der Waals surface area contributed by atoms with Crippen LogP contribution in [-0.2, 0) is 0 Å². The Bertz CT molecular complexity index is 834. The average Bonchev–Trinajstić information content (AvgIpc) is 2.62. The van der Waals surface area contributed by atoms with E-state index < -0.39 is 0 Å². The molecule has 3 rings (SSSR count). The molecule has 2 nitrogen and oxygen atoms in total. The van der Waals surface area contributed by atoms with Crippen LogP contribution in [0.25, 0.3) is 21.9 Å². The van der Waals surface area contributed by atoms with Gasteiger partial charge in [0, 0.05) is 18.7 Å². The Kier molecular flexibility index (Phi) is 4.42. The topological polar surface area (TPSA) is 20.3 Å². The van der Waals surface area contributed by atoms with E-state index in [9.17, 15) is 4.79 Å². The highest BCUT2D eigenvalue weighted by Crippen LogP contribution is 2.28. The summed E-state index contributed by atoms with van der Waals surface area (Å²) in [6.07, 6.45) is 0. The van der Waals surface area contributed by atoms with E-state index in [1.165, 1.54) is 10.8 Å². The molecule has 0 aliphatic carbocycles. The molecule has 0 saturated carbocycles. The van der Waals surface area contributed by atoms with Gasteiger partial charge in [-0.15, -0.1) is 0 Å². The van der Waals surface area contributed by atoms with Crippen LogP contribution in [0.4, 0.5) is 0 Å². The predicted molar refractivity (Wildman–Crippen MR) is 96.6 cm³/mol. The number of hydrogen-bond donors (Lipinski definition) is 0. The Balaban J connectivity index is 2.10. The van der Waals surface area contributed by atoms with E-state index in [1.807, 2.05) is 55.1 Å². The Morgan fingerprint density at radius 1 is 0.826 bits per heavy atom. The number of hydrogen-bond acceptors (Lipinski definition) is 1. The molecule has 0 bridgehead atoms. The summed E-state index contributed by atoms with van der Waals surface area (Å²) in [5.41, 5.74) is 2.85. The first-order chi connectivity index (χ1) is 11.2. The van der Waals surface area contributed by atoms with Gasteiger partial charge in [0.2, 0.25) is 0 Å². The lowest BCUT2D eigenvalue weighted by atomic mass is 9.96. The summed E-state index contributed by atoms with van der Waals surface area (Å²) >= 11 is 0.